The zero-order valence-corrected chi connectivity index (χ0v) is 20.7. The molecule has 0 atom stereocenters. The molecular formula is C23H12F6N8Pd. The Morgan fingerprint density at radius 1 is 0.842 bits per heavy atom. The van der Waals surface area contributed by atoms with Gasteiger partial charge in [-0.1, -0.05) is 30.8 Å². The standard InChI is InChI=1S/C23H12F6N8.Pd/c1-21(2,14-6-4-8-16(34-14)36-11-32-13(10-30)18(36)22(24,25)26)15-7-5-9-17(35-15)37-12-33-20(31-3)19(37)23(27,28)29;/h4-9H,1-2H3;/q-2;+2. The quantitative estimate of drug-likeness (QED) is 0.177. The van der Waals surface area contributed by atoms with Gasteiger partial charge in [0.15, 0.2) is 6.33 Å². The van der Waals surface area contributed by atoms with Gasteiger partial charge in [-0.2, -0.15) is 26.3 Å². The first-order valence-corrected chi connectivity index (χ1v) is 10.2. The SMILES string of the molecule is [C-]#[N+]c1n[c-]n(-c2cccc(C(C)(C)c3cccc(-n4[c-]nc(C#N)c4C(F)(F)F)n3)n2)c1C(F)(F)F.[Pd+2]. The minimum Gasteiger partial charge on any atom is -0.407 e. The van der Waals surface area contributed by atoms with Gasteiger partial charge in [0.2, 0.25) is 0 Å². The first kappa shape index (κ1) is 28.5. The molecule has 0 radical (unpaired) electrons. The zero-order valence-electron chi connectivity index (χ0n) is 19.1. The Hall–Kier alpha value is -4.06. The first-order valence-electron chi connectivity index (χ1n) is 10.2. The molecule has 0 bridgehead atoms. The minimum absolute atomic E-state index is 0. The maximum Gasteiger partial charge on any atom is 2.00 e. The van der Waals surface area contributed by atoms with Crippen LogP contribution in [0.2, 0.25) is 0 Å². The third-order valence-electron chi connectivity index (χ3n) is 5.36. The number of aromatic nitrogens is 6. The second-order valence-electron chi connectivity index (χ2n) is 8.07. The van der Waals surface area contributed by atoms with Gasteiger partial charge in [0.1, 0.15) is 5.69 Å². The van der Waals surface area contributed by atoms with Crippen LogP contribution in [-0.2, 0) is 38.2 Å². The zero-order chi connectivity index (χ0) is 27.2. The normalized spacial score (nSPS) is 11.9. The van der Waals surface area contributed by atoms with E-state index in [2.05, 4.69) is 37.4 Å². The van der Waals surface area contributed by atoms with Gasteiger partial charge in [0.05, 0.1) is 23.4 Å². The molecule has 4 aromatic heterocycles. The summed E-state index contributed by atoms with van der Waals surface area (Å²) in [5.74, 6) is -1.34. The predicted octanol–water partition coefficient (Wildman–Crippen LogP) is 5.23. The molecule has 4 rings (SSSR count). The van der Waals surface area contributed by atoms with Crippen LogP contribution in [0.3, 0.4) is 0 Å². The number of nitriles is 1. The molecule has 0 N–H and O–H groups in total. The Morgan fingerprint density at radius 3 is 1.76 bits per heavy atom. The third-order valence-corrected chi connectivity index (χ3v) is 5.36. The molecule has 0 aliphatic heterocycles. The van der Waals surface area contributed by atoms with Crippen LogP contribution >= 0.6 is 0 Å². The summed E-state index contributed by atoms with van der Waals surface area (Å²) in [6.45, 7) is 10.2. The van der Waals surface area contributed by atoms with Crippen LogP contribution in [-0.4, -0.2) is 29.1 Å². The van der Waals surface area contributed by atoms with E-state index in [1.165, 1.54) is 42.5 Å². The van der Waals surface area contributed by atoms with Crippen molar-refractivity contribution in [1.29, 1.82) is 5.26 Å². The topological polar surface area (TPSA) is 89.6 Å². The number of rotatable bonds is 4. The van der Waals surface area contributed by atoms with E-state index in [1.54, 1.807) is 13.8 Å². The van der Waals surface area contributed by atoms with E-state index in [0.29, 0.717) is 9.13 Å². The van der Waals surface area contributed by atoms with Crippen molar-refractivity contribution >= 4 is 5.82 Å². The summed E-state index contributed by atoms with van der Waals surface area (Å²) in [7, 11) is 0. The van der Waals surface area contributed by atoms with Crippen LogP contribution < -0.4 is 0 Å². The number of hydrogen-bond donors (Lipinski definition) is 0. The molecule has 196 valence electrons. The molecule has 4 heterocycles. The molecule has 4 aromatic rings. The molecule has 8 nitrogen and oxygen atoms in total. The van der Waals surface area contributed by atoms with Gasteiger partial charge < -0.3 is 19.0 Å². The number of alkyl halides is 6. The smallest absolute Gasteiger partial charge is 0.407 e. The van der Waals surface area contributed by atoms with E-state index in [9.17, 15) is 26.3 Å². The minimum atomic E-state index is -4.91. The summed E-state index contributed by atoms with van der Waals surface area (Å²) in [6.07, 6.45) is -5.56. The molecule has 15 heteroatoms. The molecule has 0 unspecified atom stereocenters. The molecule has 0 aromatic carbocycles. The number of pyridine rings is 2. The maximum absolute atomic E-state index is 13.6. The molecule has 0 fully saturated rings. The van der Waals surface area contributed by atoms with Crippen molar-refractivity contribution in [3.05, 3.63) is 88.9 Å². The number of imidazole rings is 2. The molecule has 38 heavy (non-hydrogen) atoms. The maximum atomic E-state index is 13.6. The van der Waals surface area contributed by atoms with Gasteiger partial charge in [-0.3, -0.25) is 9.97 Å². The van der Waals surface area contributed by atoms with Crippen LogP contribution in [0.15, 0.2) is 36.4 Å². The largest absolute Gasteiger partial charge is 2.00 e. The van der Waals surface area contributed by atoms with E-state index >= 15 is 0 Å². The second-order valence-corrected chi connectivity index (χ2v) is 8.07. The Morgan fingerprint density at radius 2 is 1.32 bits per heavy atom. The van der Waals surface area contributed by atoms with E-state index < -0.39 is 40.7 Å². The number of nitrogens with zero attached hydrogens (tertiary/aromatic N) is 8. The van der Waals surface area contributed by atoms with Crippen LogP contribution in [0.1, 0.15) is 42.3 Å². The molecule has 0 aliphatic carbocycles. The fraction of sp³-hybridized carbons (Fsp3) is 0.217. The van der Waals surface area contributed by atoms with Crippen molar-refractivity contribution in [1.82, 2.24) is 29.1 Å². The Bertz CT molecular complexity index is 1450. The average Bonchev–Trinajstić information content (AvgIpc) is 3.48. The fourth-order valence-corrected chi connectivity index (χ4v) is 3.53. The van der Waals surface area contributed by atoms with Crippen LogP contribution in [0.25, 0.3) is 16.5 Å². The van der Waals surface area contributed by atoms with Gasteiger partial charge in [-0.25, -0.2) is 5.26 Å². The van der Waals surface area contributed by atoms with Gasteiger partial charge in [-0.05, 0) is 26.0 Å². The predicted molar refractivity (Wildman–Crippen MR) is 113 cm³/mol. The first-order chi connectivity index (χ1) is 17.3. The van der Waals surface area contributed by atoms with Crippen LogP contribution in [0.5, 0.6) is 0 Å². The molecule has 0 amide bonds. The Kier molecular flexibility index (Phi) is 7.51. The fourth-order valence-electron chi connectivity index (χ4n) is 3.53. The molecule has 0 aliphatic rings. The second kappa shape index (κ2) is 10.0. The van der Waals surface area contributed by atoms with Crippen LogP contribution in [0, 0.1) is 30.6 Å². The molecule has 0 saturated carbocycles. The van der Waals surface area contributed by atoms with E-state index in [1.807, 2.05) is 0 Å². The molecule has 0 saturated heterocycles. The summed E-state index contributed by atoms with van der Waals surface area (Å²) >= 11 is 0. The van der Waals surface area contributed by atoms with Crippen molar-refractivity contribution in [2.24, 2.45) is 0 Å². The van der Waals surface area contributed by atoms with Crippen molar-refractivity contribution in [2.75, 3.05) is 0 Å². The molecule has 0 spiro atoms. The Labute approximate surface area is 225 Å². The summed E-state index contributed by atoms with van der Waals surface area (Å²) in [6, 6.07) is 9.78. The Balaban J connectivity index is 0.00000400. The van der Waals surface area contributed by atoms with Crippen LogP contribution in [0.4, 0.5) is 32.2 Å². The number of hydrogen-bond acceptors (Lipinski definition) is 5. The summed E-state index contributed by atoms with van der Waals surface area (Å²) < 4.78 is 82.6. The third kappa shape index (κ3) is 5.03. The van der Waals surface area contributed by atoms with E-state index in [0.717, 1.165) is 0 Å². The van der Waals surface area contributed by atoms with Crippen molar-refractivity contribution in [2.45, 2.75) is 31.6 Å². The number of halogens is 6. The summed E-state index contributed by atoms with van der Waals surface area (Å²) in [4.78, 5) is 18.1. The van der Waals surface area contributed by atoms with Crippen molar-refractivity contribution in [3.63, 3.8) is 0 Å². The van der Waals surface area contributed by atoms with Crippen molar-refractivity contribution < 1.29 is 46.8 Å². The summed E-state index contributed by atoms with van der Waals surface area (Å²) in [5.41, 5.74) is -4.24. The van der Waals surface area contributed by atoms with Gasteiger partial charge in [0.25, 0.3) is 0 Å². The molecular weight excluding hydrogens is 609 g/mol. The van der Waals surface area contributed by atoms with Gasteiger partial charge >= 0.3 is 38.6 Å². The average molecular weight is 621 g/mol. The van der Waals surface area contributed by atoms with E-state index in [4.69, 9.17) is 11.8 Å². The monoisotopic (exact) mass is 620 g/mol. The van der Waals surface area contributed by atoms with E-state index in [-0.39, 0.29) is 43.4 Å². The van der Waals surface area contributed by atoms with Gasteiger partial charge in [-0.15, -0.1) is 4.98 Å². The summed E-state index contributed by atoms with van der Waals surface area (Å²) in [5, 5.41) is 9.01. The van der Waals surface area contributed by atoms with Crippen molar-refractivity contribution in [3.8, 4) is 17.7 Å². The van der Waals surface area contributed by atoms with Gasteiger partial charge in [0, 0.05) is 28.8 Å².